The van der Waals surface area contributed by atoms with Gasteiger partial charge >= 0.3 is 29.6 Å². The Morgan fingerprint density at radius 2 is 2.00 bits per heavy atom. The SMILES string of the molecule is OCc1c(-c2ccc(Cl)cc2)nc2sccn12.[NaH]. The van der Waals surface area contributed by atoms with Gasteiger partial charge in [-0.25, -0.2) is 4.98 Å². The Morgan fingerprint density at radius 3 is 2.67 bits per heavy atom. The Balaban J connectivity index is 0.00000120. The number of halogens is 1. The van der Waals surface area contributed by atoms with Gasteiger partial charge in [-0.2, -0.15) is 0 Å². The van der Waals surface area contributed by atoms with E-state index in [4.69, 9.17) is 11.6 Å². The van der Waals surface area contributed by atoms with Crippen molar-refractivity contribution in [3.63, 3.8) is 0 Å². The molecule has 0 unspecified atom stereocenters. The molecular weight excluding hydrogens is 279 g/mol. The summed E-state index contributed by atoms with van der Waals surface area (Å²) in [6.45, 7) is -0.0319. The first-order chi connectivity index (χ1) is 8.29. The van der Waals surface area contributed by atoms with Crippen molar-refractivity contribution in [1.82, 2.24) is 9.38 Å². The minimum atomic E-state index is -0.0319. The fourth-order valence-electron chi connectivity index (χ4n) is 1.82. The van der Waals surface area contributed by atoms with Crippen LogP contribution in [0, 0.1) is 0 Å². The average Bonchev–Trinajstić information content (AvgIpc) is 2.89. The van der Waals surface area contributed by atoms with Gasteiger partial charge in [-0.3, -0.25) is 4.40 Å². The molecule has 0 aliphatic carbocycles. The van der Waals surface area contributed by atoms with Gasteiger partial charge in [-0.05, 0) is 12.1 Å². The summed E-state index contributed by atoms with van der Waals surface area (Å²) in [5.41, 5.74) is 2.59. The van der Waals surface area contributed by atoms with E-state index < -0.39 is 0 Å². The van der Waals surface area contributed by atoms with E-state index in [0.717, 1.165) is 21.9 Å². The summed E-state index contributed by atoms with van der Waals surface area (Å²) < 4.78 is 1.91. The van der Waals surface area contributed by atoms with Gasteiger partial charge in [0.1, 0.15) is 0 Å². The van der Waals surface area contributed by atoms with Crippen molar-refractivity contribution in [3.8, 4) is 11.3 Å². The van der Waals surface area contributed by atoms with Crippen LogP contribution >= 0.6 is 22.9 Å². The standard InChI is InChI=1S/C12H9ClN2OS.Na.H/c13-9-3-1-8(2-4-9)11-10(7-16)15-5-6-17-12(15)14-11;;/h1-6,16H,7H2;;. The molecule has 0 atom stereocenters. The van der Waals surface area contributed by atoms with E-state index in [0.29, 0.717) is 5.02 Å². The average molecular weight is 289 g/mol. The normalized spacial score (nSPS) is 10.6. The maximum atomic E-state index is 9.46. The quantitative estimate of drug-likeness (QED) is 0.736. The third-order valence-corrected chi connectivity index (χ3v) is 3.64. The van der Waals surface area contributed by atoms with Crippen LogP contribution in [0.5, 0.6) is 0 Å². The van der Waals surface area contributed by atoms with Crippen LogP contribution in [0.4, 0.5) is 0 Å². The van der Waals surface area contributed by atoms with Crippen molar-refractivity contribution in [2.24, 2.45) is 0 Å². The number of aromatic nitrogens is 2. The van der Waals surface area contributed by atoms with Crippen LogP contribution in [0.3, 0.4) is 0 Å². The summed E-state index contributed by atoms with van der Waals surface area (Å²) in [5, 5.41) is 12.1. The molecule has 1 aromatic carbocycles. The molecule has 1 N–H and O–H groups in total. The number of rotatable bonds is 2. The van der Waals surface area contributed by atoms with Gasteiger partial charge in [0.2, 0.25) is 0 Å². The molecule has 0 bridgehead atoms. The number of hydrogen-bond donors (Lipinski definition) is 1. The van der Waals surface area contributed by atoms with Crippen LogP contribution in [0.15, 0.2) is 35.8 Å². The molecule has 0 saturated carbocycles. The monoisotopic (exact) mass is 288 g/mol. The summed E-state index contributed by atoms with van der Waals surface area (Å²) in [7, 11) is 0. The second-order valence-electron chi connectivity index (χ2n) is 3.63. The molecule has 88 valence electrons. The number of aliphatic hydroxyl groups excluding tert-OH is 1. The molecule has 0 fully saturated rings. The first-order valence-electron chi connectivity index (χ1n) is 5.11. The Labute approximate surface area is 135 Å². The number of aliphatic hydroxyl groups is 1. The predicted octanol–water partition coefficient (Wildman–Crippen LogP) is 2.56. The fraction of sp³-hybridized carbons (Fsp3) is 0.0833. The van der Waals surface area contributed by atoms with E-state index in [9.17, 15) is 5.11 Å². The van der Waals surface area contributed by atoms with Crippen LogP contribution in [-0.4, -0.2) is 44.0 Å². The number of hydrogen-bond acceptors (Lipinski definition) is 3. The van der Waals surface area contributed by atoms with E-state index in [-0.39, 0.29) is 36.2 Å². The van der Waals surface area contributed by atoms with E-state index in [1.165, 1.54) is 0 Å². The van der Waals surface area contributed by atoms with Crippen molar-refractivity contribution in [3.05, 3.63) is 46.6 Å². The number of fused-ring (bicyclic) bond motifs is 1. The number of thiazole rings is 1. The number of imidazole rings is 1. The minimum absolute atomic E-state index is 0. The van der Waals surface area contributed by atoms with Gasteiger partial charge in [0, 0.05) is 22.2 Å². The molecule has 3 nitrogen and oxygen atoms in total. The van der Waals surface area contributed by atoms with Crippen LogP contribution in [-0.2, 0) is 6.61 Å². The molecule has 18 heavy (non-hydrogen) atoms. The van der Waals surface area contributed by atoms with Crippen molar-refractivity contribution in [1.29, 1.82) is 0 Å². The molecule has 2 aromatic heterocycles. The number of nitrogens with zero attached hydrogens (tertiary/aromatic N) is 2. The molecule has 0 saturated heterocycles. The zero-order chi connectivity index (χ0) is 11.8. The van der Waals surface area contributed by atoms with Crippen LogP contribution < -0.4 is 0 Å². The summed E-state index contributed by atoms with van der Waals surface area (Å²) in [5.74, 6) is 0. The molecular formula is C12H10ClN2NaOS. The summed E-state index contributed by atoms with van der Waals surface area (Å²) in [4.78, 5) is 5.41. The molecule has 2 heterocycles. The van der Waals surface area contributed by atoms with Gasteiger partial charge in [-0.15, -0.1) is 11.3 Å². The Kier molecular flexibility index (Phi) is 4.48. The van der Waals surface area contributed by atoms with Crippen LogP contribution in [0.2, 0.25) is 5.02 Å². The van der Waals surface area contributed by atoms with E-state index in [1.807, 2.05) is 40.2 Å². The van der Waals surface area contributed by atoms with Gasteiger partial charge in [0.25, 0.3) is 0 Å². The second kappa shape index (κ2) is 5.74. The summed E-state index contributed by atoms with van der Waals surface area (Å²) >= 11 is 7.41. The van der Waals surface area contributed by atoms with Gasteiger partial charge < -0.3 is 5.11 Å². The molecule has 0 aliphatic heterocycles. The topological polar surface area (TPSA) is 37.5 Å². The molecule has 0 amide bonds. The van der Waals surface area contributed by atoms with E-state index in [2.05, 4.69) is 4.98 Å². The maximum absolute atomic E-state index is 9.46. The third-order valence-electron chi connectivity index (χ3n) is 2.63. The summed E-state index contributed by atoms with van der Waals surface area (Å²) in [6, 6.07) is 7.47. The van der Waals surface area contributed by atoms with Crippen LogP contribution in [0.1, 0.15) is 5.69 Å². The third kappa shape index (κ3) is 2.37. The van der Waals surface area contributed by atoms with Gasteiger partial charge in [-0.1, -0.05) is 23.7 Å². The van der Waals surface area contributed by atoms with Crippen molar-refractivity contribution in [2.75, 3.05) is 0 Å². The van der Waals surface area contributed by atoms with E-state index >= 15 is 0 Å². The Hall–Kier alpha value is -0.360. The first kappa shape index (κ1) is 14.1. The molecule has 0 spiro atoms. The fourth-order valence-corrected chi connectivity index (χ4v) is 2.68. The number of benzene rings is 1. The Bertz CT molecular complexity index is 662. The molecule has 6 heteroatoms. The van der Waals surface area contributed by atoms with Crippen molar-refractivity contribution < 1.29 is 5.11 Å². The summed E-state index contributed by atoms with van der Waals surface area (Å²) in [6.07, 6.45) is 1.91. The second-order valence-corrected chi connectivity index (χ2v) is 4.94. The van der Waals surface area contributed by atoms with Crippen molar-refractivity contribution >= 4 is 57.5 Å². The first-order valence-corrected chi connectivity index (χ1v) is 6.36. The van der Waals surface area contributed by atoms with Crippen molar-refractivity contribution in [2.45, 2.75) is 6.61 Å². The Morgan fingerprint density at radius 1 is 1.28 bits per heavy atom. The molecule has 0 aliphatic rings. The zero-order valence-corrected chi connectivity index (χ0v) is 10.4. The molecule has 3 rings (SSSR count). The van der Waals surface area contributed by atoms with E-state index in [1.54, 1.807) is 11.3 Å². The zero-order valence-electron chi connectivity index (χ0n) is 8.80. The van der Waals surface area contributed by atoms with Gasteiger partial charge in [0.15, 0.2) is 4.96 Å². The molecule has 0 radical (unpaired) electrons. The predicted molar refractivity (Wildman–Crippen MR) is 76.6 cm³/mol. The van der Waals surface area contributed by atoms with Gasteiger partial charge in [0.05, 0.1) is 18.0 Å². The van der Waals surface area contributed by atoms with Crippen LogP contribution in [0.25, 0.3) is 16.2 Å². The molecule has 3 aromatic rings.